The van der Waals surface area contributed by atoms with Gasteiger partial charge >= 0.3 is 0 Å². The number of nitrogens with one attached hydrogen (secondary N) is 1. The molecule has 0 radical (unpaired) electrons. The Kier molecular flexibility index (Phi) is 4.64. The zero-order chi connectivity index (χ0) is 20.0. The molecule has 8 heteroatoms. The Morgan fingerprint density at radius 3 is 2.36 bits per heavy atom. The Morgan fingerprint density at radius 2 is 1.75 bits per heavy atom. The lowest BCUT2D eigenvalue weighted by Crippen LogP contribution is -2.50. The topological polar surface area (TPSA) is 79.4 Å². The number of amides is 3. The number of carbonyl (C=O) groups is 3. The van der Waals surface area contributed by atoms with Gasteiger partial charge in [0, 0.05) is 5.02 Å². The first-order chi connectivity index (χ1) is 13.4. The molecule has 1 atom stereocenters. The highest BCUT2D eigenvalue weighted by atomic mass is 35.5. The fourth-order valence-electron chi connectivity index (χ4n) is 3.31. The number of hydrogen-bond acceptors (Lipinski definition) is 5. The smallest absolute Gasteiger partial charge is 0.262 e. The third-order valence-corrected chi connectivity index (χ3v) is 5.75. The van der Waals surface area contributed by atoms with E-state index in [2.05, 4.69) is 10.3 Å². The number of rotatable bonds is 4. The minimum atomic E-state index is -0.942. The Hall–Kier alpha value is -2.77. The van der Waals surface area contributed by atoms with Gasteiger partial charge in [0.15, 0.2) is 5.13 Å². The first-order valence-electron chi connectivity index (χ1n) is 8.70. The van der Waals surface area contributed by atoms with Crippen LogP contribution in [0.25, 0.3) is 10.2 Å². The molecular formula is C20H16ClN3O3S. The number of thiazole rings is 1. The summed E-state index contributed by atoms with van der Waals surface area (Å²) in [4.78, 5) is 44.0. The molecule has 6 nitrogen and oxygen atoms in total. The van der Waals surface area contributed by atoms with Gasteiger partial charge in [-0.3, -0.25) is 19.3 Å². The highest BCUT2D eigenvalue weighted by Crippen LogP contribution is 2.30. The predicted molar refractivity (Wildman–Crippen MR) is 109 cm³/mol. The van der Waals surface area contributed by atoms with Crippen molar-refractivity contribution in [1.82, 2.24) is 9.88 Å². The van der Waals surface area contributed by atoms with Gasteiger partial charge in [-0.1, -0.05) is 48.9 Å². The minimum absolute atomic E-state index is 0.272. The number of anilines is 1. The van der Waals surface area contributed by atoms with Gasteiger partial charge in [-0.05, 0) is 36.2 Å². The number of fused-ring (bicyclic) bond motifs is 2. The summed E-state index contributed by atoms with van der Waals surface area (Å²) < 4.78 is 0.838. The summed E-state index contributed by atoms with van der Waals surface area (Å²) in [6, 6.07) is 10.9. The average Bonchev–Trinajstić information content (AvgIpc) is 3.15. The molecule has 1 aromatic heterocycles. The molecular weight excluding hydrogens is 398 g/mol. The molecule has 3 aromatic rings. The van der Waals surface area contributed by atoms with Gasteiger partial charge in [0.2, 0.25) is 5.91 Å². The maximum Gasteiger partial charge on any atom is 0.262 e. The number of imide groups is 1. The van der Waals surface area contributed by atoms with E-state index in [1.165, 1.54) is 11.3 Å². The fourth-order valence-corrected chi connectivity index (χ4v) is 4.45. The highest BCUT2D eigenvalue weighted by Gasteiger charge is 2.44. The molecule has 0 saturated heterocycles. The predicted octanol–water partition coefficient (Wildman–Crippen LogP) is 4.21. The second kappa shape index (κ2) is 7.00. The maximum absolute atomic E-state index is 13.0. The summed E-state index contributed by atoms with van der Waals surface area (Å²) in [5, 5.41) is 3.73. The molecule has 0 spiro atoms. The molecule has 1 aliphatic rings. The van der Waals surface area contributed by atoms with E-state index in [1.54, 1.807) is 56.3 Å². The lowest BCUT2D eigenvalue weighted by atomic mass is 10.0. The van der Waals surface area contributed by atoms with Gasteiger partial charge < -0.3 is 5.32 Å². The van der Waals surface area contributed by atoms with Crippen LogP contribution in [0.2, 0.25) is 5.02 Å². The number of hydrogen-bond donors (Lipinski definition) is 1. The van der Waals surface area contributed by atoms with Crippen molar-refractivity contribution in [2.45, 2.75) is 19.9 Å². The molecule has 0 aliphatic carbocycles. The van der Waals surface area contributed by atoms with Gasteiger partial charge in [0.1, 0.15) is 6.04 Å². The highest BCUT2D eigenvalue weighted by molar-refractivity contribution is 7.22. The zero-order valence-corrected chi connectivity index (χ0v) is 16.7. The van der Waals surface area contributed by atoms with Crippen molar-refractivity contribution in [3.63, 3.8) is 0 Å². The van der Waals surface area contributed by atoms with Crippen LogP contribution < -0.4 is 5.32 Å². The lowest BCUT2D eigenvalue weighted by Gasteiger charge is -2.27. The standard InChI is InChI=1S/C20H16ClN3O3S/c1-10(2)16(24-18(26)12-5-3-4-6-13(12)19(24)27)17(25)23-20-22-14-8-7-11(21)9-15(14)28-20/h3-10,16H,1-2H3,(H,22,23,25). The van der Waals surface area contributed by atoms with E-state index in [-0.39, 0.29) is 5.92 Å². The zero-order valence-electron chi connectivity index (χ0n) is 15.1. The first-order valence-corrected chi connectivity index (χ1v) is 9.90. The molecule has 142 valence electrons. The quantitative estimate of drug-likeness (QED) is 0.650. The minimum Gasteiger partial charge on any atom is -0.300 e. The van der Waals surface area contributed by atoms with Crippen molar-refractivity contribution in [3.05, 3.63) is 58.6 Å². The molecule has 0 fully saturated rings. The Balaban J connectivity index is 1.63. The van der Waals surface area contributed by atoms with E-state index in [4.69, 9.17) is 11.6 Å². The van der Waals surface area contributed by atoms with Crippen LogP contribution >= 0.6 is 22.9 Å². The molecule has 2 aromatic carbocycles. The number of aromatic nitrogens is 1. The molecule has 28 heavy (non-hydrogen) atoms. The molecule has 4 rings (SSSR count). The number of halogens is 1. The molecule has 0 saturated carbocycles. The van der Waals surface area contributed by atoms with Gasteiger partial charge in [-0.25, -0.2) is 4.98 Å². The molecule has 1 aliphatic heterocycles. The lowest BCUT2D eigenvalue weighted by molar-refractivity contribution is -0.121. The van der Waals surface area contributed by atoms with Gasteiger partial charge in [-0.15, -0.1) is 0 Å². The Labute approximate surface area is 170 Å². The fraction of sp³-hybridized carbons (Fsp3) is 0.200. The maximum atomic E-state index is 13.0. The SMILES string of the molecule is CC(C)C(C(=O)Nc1nc2ccc(Cl)cc2s1)N1C(=O)c2ccccc2C1=O. The first kappa shape index (κ1) is 18.6. The molecule has 1 N–H and O–H groups in total. The molecule has 3 amide bonds. The molecule has 0 bridgehead atoms. The van der Waals surface area contributed by atoms with E-state index in [0.717, 1.165) is 9.60 Å². The van der Waals surface area contributed by atoms with Crippen LogP contribution in [0.15, 0.2) is 42.5 Å². The summed E-state index contributed by atoms with van der Waals surface area (Å²) in [5.74, 6) is -1.63. The number of benzene rings is 2. The van der Waals surface area contributed by atoms with Crippen molar-refractivity contribution >= 4 is 56.0 Å². The van der Waals surface area contributed by atoms with Crippen molar-refractivity contribution in [2.24, 2.45) is 5.92 Å². The normalized spacial score (nSPS) is 14.6. The van der Waals surface area contributed by atoms with E-state index in [1.807, 2.05) is 0 Å². The van der Waals surface area contributed by atoms with Crippen LogP contribution in [-0.2, 0) is 4.79 Å². The number of carbonyl (C=O) groups excluding carboxylic acids is 3. The van der Waals surface area contributed by atoms with Gasteiger partial charge in [0.25, 0.3) is 11.8 Å². The van der Waals surface area contributed by atoms with Crippen LogP contribution in [0.3, 0.4) is 0 Å². The monoisotopic (exact) mass is 413 g/mol. The van der Waals surface area contributed by atoms with Crippen molar-refractivity contribution < 1.29 is 14.4 Å². The van der Waals surface area contributed by atoms with E-state index >= 15 is 0 Å². The van der Waals surface area contributed by atoms with Crippen molar-refractivity contribution in [1.29, 1.82) is 0 Å². The Morgan fingerprint density at radius 1 is 1.11 bits per heavy atom. The van der Waals surface area contributed by atoms with Crippen molar-refractivity contribution in [3.8, 4) is 0 Å². The molecule has 1 unspecified atom stereocenters. The van der Waals surface area contributed by atoms with Crippen LogP contribution in [0.5, 0.6) is 0 Å². The molecule has 2 heterocycles. The largest absolute Gasteiger partial charge is 0.300 e. The van der Waals surface area contributed by atoms with Gasteiger partial charge in [-0.2, -0.15) is 0 Å². The van der Waals surface area contributed by atoms with Crippen LogP contribution in [-0.4, -0.2) is 33.6 Å². The summed E-state index contributed by atoms with van der Waals surface area (Å²) >= 11 is 7.28. The van der Waals surface area contributed by atoms with E-state index < -0.39 is 23.8 Å². The van der Waals surface area contributed by atoms with Crippen LogP contribution in [0.4, 0.5) is 5.13 Å². The second-order valence-corrected chi connectivity index (χ2v) is 8.30. The summed E-state index contributed by atoms with van der Waals surface area (Å²) in [5.41, 5.74) is 1.35. The van der Waals surface area contributed by atoms with Crippen molar-refractivity contribution in [2.75, 3.05) is 5.32 Å². The third kappa shape index (κ3) is 3.06. The summed E-state index contributed by atoms with van der Waals surface area (Å²) in [6.07, 6.45) is 0. The second-order valence-electron chi connectivity index (χ2n) is 6.84. The van der Waals surface area contributed by atoms with Crippen LogP contribution in [0.1, 0.15) is 34.6 Å². The Bertz CT molecular complexity index is 1090. The average molecular weight is 414 g/mol. The van der Waals surface area contributed by atoms with Crippen LogP contribution in [0, 0.1) is 5.92 Å². The van der Waals surface area contributed by atoms with Gasteiger partial charge in [0.05, 0.1) is 21.3 Å². The third-order valence-electron chi connectivity index (χ3n) is 4.58. The van der Waals surface area contributed by atoms with E-state index in [0.29, 0.717) is 26.8 Å². The summed E-state index contributed by atoms with van der Waals surface area (Å²) in [7, 11) is 0. The number of nitrogens with zero attached hydrogens (tertiary/aromatic N) is 2. The summed E-state index contributed by atoms with van der Waals surface area (Å²) in [6.45, 7) is 3.60. The van der Waals surface area contributed by atoms with E-state index in [9.17, 15) is 14.4 Å².